The molecular weight excluding hydrogens is 310 g/mol. The van der Waals surface area contributed by atoms with E-state index in [0.29, 0.717) is 6.04 Å². The van der Waals surface area contributed by atoms with Crippen molar-refractivity contribution in [1.29, 1.82) is 0 Å². The number of hydrogen-bond acceptors (Lipinski definition) is 4. The number of nitrogens with one attached hydrogen (secondary N) is 2. The Kier molecular flexibility index (Phi) is 5.38. The Morgan fingerprint density at radius 1 is 1.35 bits per heavy atom. The van der Waals surface area contributed by atoms with E-state index in [0.717, 1.165) is 51.5 Å². The molecule has 6 nitrogen and oxygen atoms in total. The maximum absolute atomic E-state index is 11.8. The van der Waals surface area contributed by atoms with Gasteiger partial charge in [0.05, 0.1) is 5.00 Å². The molecule has 2 heterocycles. The van der Waals surface area contributed by atoms with E-state index >= 15 is 0 Å². The summed E-state index contributed by atoms with van der Waals surface area (Å²) in [6, 6.07) is 4.66. The van der Waals surface area contributed by atoms with Crippen LogP contribution < -0.4 is 15.5 Å². The number of guanidine groups is 1. The summed E-state index contributed by atoms with van der Waals surface area (Å²) >= 11 is 1.78. The van der Waals surface area contributed by atoms with Crippen LogP contribution in [0.15, 0.2) is 22.5 Å². The molecule has 3 rings (SSSR count). The number of piperazine rings is 1. The number of anilines is 1. The second-order valence-corrected chi connectivity index (χ2v) is 6.86. The van der Waals surface area contributed by atoms with E-state index in [1.807, 2.05) is 0 Å². The molecule has 0 aromatic carbocycles. The zero-order valence-corrected chi connectivity index (χ0v) is 14.4. The molecule has 1 saturated heterocycles. The van der Waals surface area contributed by atoms with Crippen LogP contribution in [0.4, 0.5) is 5.00 Å². The molecule has 2 fully saturated rings. The van der Waals surface area contributed by atoms with E-state index in [4.69, 9.17) is 0 Å². The maximum atomic E-state index is 11.8. The predicted molar refractivity (Wildman–Crippen MR) is 95.2 cm³/mol. The van der Waals surface area contributed by atoms with Gasteiger partial charge < -0.3 is 20.4 Å². The molecule has 7 heteroatoms. The van der Waals surface area contributed by atoms with E-state index in [9.17, 15) is 4.79 Å². The van der Waals surface area contributed by atoms with Crippen LogP contribution >= 0.6 is 11.3 Å². The second kappa shape index (κ2) is 7.68. The second-order valence-electron chi connectivity index (χ2n) is 5.94. The molecule has 2 N–H and O–H groups in total. The van der Waals surface area contributed by atoms with Gasteiger partial charge in [0.25, 0.3) is 0 Å². The number of carbonyl (C=O) groups excluding carboxylic acids is 1. The van der Waals surface area contributed by atoms with Gasteiger partial charge in [0, 0.05) is 38.8 Å². The Morgan fingerprint density at radius 3 is 2.74 bits per heavy atom. The highest BCUT2D eigenvalue weighted by atomic mass is 32.1. The van der Waals surface area contributed by atoms with Crippen LogP contribution in [-0.2, 0) is 4.79 Å². The van der Waals surface area contributed by atoms with Crippen molar-refractivity contribution in [1.82, 2.24) is 15.5 Å². The molecule has 0 unspecified atom stereocenters. The summed E-state index contributed by atoms with van der Waals surface area (Å²) in [5, 5.41) is 9.73. The van der Waals surface area contributed by atoms with Gasteiger partial charge >= 0.3 is 0 Å². The minimum atomic E-state index is 0.0279. The topological polar surface area (TPSA) is 60.0 Å². The van der Waals surface area contributed by atoms with E-state index in [1.165, 1.54) is 5.00 Å². The molecule has 0 radical (unpaired) electrons. The average Bonchev–Trinajstić information content (AvgIpc) is 3.21. The maximum Gasteiger partial charge on any atom is 0.242 e. The summed E-state index contributed by atoms with van der Waals surface area (Å²) in [5.74, 6) is 0.879. The molecule has 23 heavy (non-hydrogen) atoms. The third-order valence-electron chi connectivity index (χ3n) is 4.05. The number of hydrogen-bond donors (Lipinski definition) is 2. The van der Waals surface area contributed by atoms with E-state index in [1.54, 1.807) is 11.3 Å². The average molecular weight is 335 g/mol. The van der Waals surface area contributed by atoms with Crippen molar-refractivity contribution in [3.63, 3.8) is 0 Å². The van der Waals surface area contributed by atoms with E-state index < -0.39 is 0 Å². The van der Waals surface area contributed by atoms with Crippen LogP contribution in [0.3, 0.4) is 0 Å². The van der Waals surface area contributed by atoms with E-state index in [2.05, 4.69) is 49.9 Å². The first-order valence-corrected chi connectivity index (χ1v) is 9.25. The van der Waals surface area contributed by atoms with Crippen LogP contribution in [0.2, 0.25) is 0 Å². The smallest absolute Gasteiger partial charge is 0.242 e. The Hall–Kier alpha value is -1.76. The number of amides is 1. The first kappa shape index (κ1) is 16.1. The molecule has 2 aliphatic rings. The van der Waals surface area contributed by atoms with Gasteiger partial charge in [-0.05, 0) is 37.3 Å². The summed E-state index contributed by atoms with van der Waals surface area (Å²) in [4.78, 5) is 21.0. The molecule has 0 spiro atoms. The molecule has 0 atom stereocenters. The highest BCUT2D eigenvalue weighted by Crippen LogP contribution is 2.22. The lowest BCUT2D eigenvalue weighted by atomic mass is 10.3. The van der Waals surface area contributed by atoms with Gasteiger partial charge in [0.2, 0.25) is 5.91 Å². The molecule has 126 valence electrons. The standard InChI is InChI=1S/C16H25N5OS/c1-2-17-16(18-12-14(22)19-13-5-6-13)21-9-7-20(8-10-21)15-4-3-11-23-15/h3-4,11,13H,2,5-10,12H2,1H3,(H,17,18)(H,19,22). The number of thiophene rings is 1. The van der Waals surface area contributed by atoms with Gasteiger partial charge in [-0.25, -0.2) is 4.99 Å². The summed E-state index contributed by atoms with van der Waals surface area (Å²) in [7, 11) is 0. The Bertz CT molecular complexity index is 533. The first-order valence-electron chi connectivity index (χ1n) is 8.37. The lowest BCUT2D eigenvalue weighted by molar-refractivity contribution is -0.119. The van der Waals surface area contributed by atoms with Gasteiger partial charge in [0.1, 0.15) is 6.54 Å². The van der Waals surface area contributed by atoms with Gasteiger partial charge in [0.15, 0.2) is 5.96 Å². The Labute approximate surface area is 141 Å². The van der Waals surface area contributed by atoms with Gasteiger partial charge in [-0.1, -0.05) is 0 Å². The summed E-state index contributed by atoms with van der Waals surface area (Å²) in [6.07, 6.45) is 2.22. The van der Waals surface area contributed by atoms with Crippen LogP contribution in [0.25, 0.3) is 0 Å². The molecule has 1 aromatic rings. The van der Waals surface area contributed by atoms with Crippen LogP contribution in [0, 0.1) is 0 Å². The number of carbonyl (C=O) groups is 1. The third-order valence-corrected chi connectivity index (χ3v) is 4.98. The SMILES string of the molecule is CCNC(=NCC(=O)NC1CC1)N1CCN(c2cccs2)CC1. The fourth-order valence-electron chi connectivity index (χ4n) is 2.66. The number of rotatable bonds is 5. The molecule has 0 bridgehead atoms. The molecule has 1 saturated carbocycles. The highest BCUT2D eigenvalue weighted by molar-refractivity contribution is 7.14. The number of nitrogens with zero attached hydrogens (tertiary/aromatic N) is 3. The Balaban J connectivity index is 1.52. The molecule has 1 aliphatic heterocycles. The minimum Gasteiger partial charge on any atom is -0.360 e. The highest BCUT2D eigenvalue weighted by Gasteiger charge is 2.24. The third kappa shape index (κ3) is 4.60. The van der Waals surface area contributed by atoms with Gasteiger partial charge in [-0.15, -0.1) is 11.3 Å². The van der Waals surface area contributed by atoms with Crippen LogP contribution in [0.5, 0.6) is 0 Å². The lowest BCUT2D eigenvalue weighted by Crippen LogP contribution is -2.52. The zero-order valence-electron chi connectivity index (χ0n) is 13.6. The van der Waals surface area contributed by atoms with Crippen molar-refractivity contribution >= 4 is 28.2 Å². The van der Waals surface area contributed by atoms with Crippen molar-refractivity contribution in [2.24, 2.45) is 4.99 Å². The Morgan fingerprint density at radius 2 is 2.13 bits per heavy atom. The molecule has 1 aromatic heterocycles. The van der Waals surface area contributed by atoms with E-state index in [-0.39, 0.29) is 12.5 Å². The summed E-state index contributed by atoms with van der Waals surface area (Å²) < 4.78 is 0. The molecule has 1 amide bonds. The largest absolute Gasteiger partial charge is 0.360 e. The summed E-state index contributed by atoms with van der Waals surface area (Å²) in [6.45, 7) is 6.90. The van der Waals surface area contributed by atoms with Crippen molar-refractivity contribution in [3.05, 3.63) is 17.5 Å². The van der Waals surface area contributed by atoms with Crippen molar-refractivity contribution in [3.8, 4) is 0 Å². The molecular formula is C16H25N5OS. The fourth-order valence-corrected chi connectivity index (χ4v) is 3.45. The lowest BCUT2D eigenvalue weighted by Gasteiger charge is -2.37. The minimum absolute atomic E-state index is 0.0279. The molecule has 1 aliphatic carbocycles. The van der Waals surface area contributed by atoms with Crippen molar-refractivity contribution in [2.75, 3.05) is 44.2 Å². The monoisotopic (exact) mass is 335 g/mol. The van der Waals surface area contributed by atoms with Crippen LogP contribution in [-0.4, -0.2) is 62.1 Å². The van der Waals surface area contributed by atoms with Gasteiger partial charge in [-0.2, -0.15) is 0 Å². The van der Waals surface area contributed by atoms with Crippen molar-refractivity contribution in [2.45, 2.75) is 25.8 Å². The van der Waals surface area contributed by atoms with Crippen LogP contribution in [0.1, 0.15) is 19.8 Å². The first-order chi connectivity index (χ1) is 11.3. The predicted octanol–water partition coefficient (Wildman–Crippen LogP) is 1.11. The quantitative estimate of drug-likeness (QED) is 0.625. The fraction of sp³-hybridized carbons (Fsp3) is 0.625. The van der Waals surface area contributed by atoms with Gasteiger partial charge in [-0.3, -0.25) is 4.79 Å². The zero-order chi connectivity index (χ0) is 16.1. The van der Waals surface area contributed by atoms with Crippen molar-refractivity contribution < 1.29 is 4.79 Å². The summed E-state index contributed by atoms with van der Waals surface area (Å²) in [5.41, 5.74) is 0. The number of aliphatic imine (C=N–C) groups is 1. The normalized spacial score (nSPS) is 18.9.